The molecule has 1 amide bonds. The number of carbonyl (C=O) groups excluding carboxylic acids is 1. The minimum atomic E-state index is -3.08. The summed E-state index contributed by atoms with van der Waals surface area (Å²) in [5.41, 5.74) is 1.86. The first-order valence-electron chi connectivity index (χ1n) is 8.84. The summed E-state index contributed by atoms with van der Waals surface area (Å²) < 4.78 is 29.0. The Morgan fingerprint density at radius 3 is 2.44 bits per heavy atom. The number of sulfone groups is 1. The van der Waals surface area contributed by atoms with E-state index in [-0.39, 0.29) is 23.5 Å². The Bertz CT molecular complexity index is 905. The number of benzene rings is 2. The second-order valence-electron chi connectivity index (χ2n) is 6.62. The van der Waals surface area contributed by atoms with Crippen LogP contribution >= 0.6 is 0 Å². The molecular weight excluding hydrogens is 362 g/mol. The Balaban J connectivity index is 1.80. The van der Waals surface area contributed by atoms with Crippen LogP contribution in [0.15, 0.2) is 60.7 Å². The SMILES string of the molecule is COc1ccc(CN(C(=O)/C=C/c2ccccc2)[C@@H]2CCS(=O)(=O)C2)cc1. The van der Waals surface area contributed by atoms with Gasteiger partial charge in [-0.1, -0.05) is 42.5 Å². The topological polar surface area (TPSA) is 63.7 Å². The van der Waals surface area contributed by atoms with Crippen molar-refractivity contribution in [2.75, 3.05) is 18.6 Å². The minimum absolute atomic E-state index is 0.0219. The van der Waals surface area contributed by atoms with E-state index in [0.717, 1.165) is 16.9 Å². The molecule has 3 rings (SSSR count). The van der Waals surface area contributed by atoms with Gasteiger partial charge in [0.25, 0.3) is 0 Å². The van der Waals surface area contributed by atoms with Gasteiger partial charge in [-0.15, -0.1) is 0 Å². The van der Waals surface area contributed by atoms with Crippen LogP contribution in [-0.4, -0.2) is 43.9 Å². The van der Waals surface area contributed by atoms with Crippen LogP contribution in [0.4, 0.5) is 0 Å². The normalized spacial score (nSPS) is 18.5. The molecule has 0 aromatic heterocycles. The fraction of sp³-hybridized carbons (Fsp3) is 0.286. The first-order valence-corrected chi connectivity index (χ1v) is 10.7. The van der Waals surface area contributed by atoms with Crippen molar-refractivity contribution in [3.63, 3.8) is 0 Å². The van der Waals surface area contributed by atoms with E-state index < -0.39 is 9.84 Å². The molecule has 1 atom stereocenters. The second-order valence-corrected chi connectivity index (χ2v) is 8.84. The fourth-order valence-electron chi connectivity index (χ4n) is 3.16. The number of nitrogens with zero attached hydrogens (tertiary/aromatic N) is 1. The lowest BCUT2D eigenvalue weighted by molar-refractivity contribution is -0.128. The summed E-state index contributed by atoms with van der Waals surface area (Å²) in [5.74, 6) is 0.710. The Morgan fingerprint density at radius 1 is 1.15 bits per heavy atom. The summed E-state index contributed by atoms with van der Waals surface area (Å²) in [5, 5.41) is 0. The number of ether oxygens (including phenoxy) is 1. The molecule has 0 N–H and O–H groups in total. The van der Waals surface area contributed by atoms with Crippen LogP contribution in [0.5, 0.6) is 5.75 Å². The van der Waals surface area contributed by atoms with Crippen LogP contribution in [-0.2, 0) is 21.2 Å². The highest BCUT2D eigenvalue weighted by molar-refractivity contribution is 7.91. The molecule has 2 aromatic carbocycles. The molecule has 142 valence electrons. The highest BCUT2D eigenvalue weighted by Gasteiger charge is 2.34. The molecule has 0 bridgehead atoms. The second kappa shape index (κ2) is 8.39. The molecule has 1 fully saturated rings. The number of hydrogen-bond acceptors (Lipinski definition) is 4. The van der Waals surface area contributed by atoms with Gasteiger partial charge in [0.1, 0.15) is 5.75 Å². The molecule has 0 aliphatic carbocycles. The van der Waals surface area contributed by atoms with Gasteiger partial charge in [-0.2, -0.15) is 0 Å². The Hall–Kier alpha value is -2.60. The Morgan fingerprint density at radius 2 is 1.85 bits per heavy atom. The molecule has 0 saturated carbocycles. The number of hydrogen-bond donors (Lipinski definition) is 0. The molecule has 0 radical (unpaired) electrons. The van der Waals surface area contributed by atoms with E-state index in [4.69, 9.17) is 4.74 Å². The lowest BCUT2D eigenvalue weighted by Gasteiger charge is -2.27. The van der Waals surface area contributed by atoms with Gasteiger partial charge in [0.15, 0.2) is 9.84 Å². The molecule has 1 saturated heterocycles. The van der Waals surface area contributed by atoms with Gasteiger partial charge in [-0.25, -0.2) is 8.42 Å². The first kappa shape index (κ1) is 19.2. The van der Waals surface area contributed by atoms with Crippen molar-refractivity contribution in [2.24, 2.45) is 0 Å². The zero-order valence-corrected chi connectivity index (χ0v) is 16.1. The Labute approximate surface area is 160 Å². The molecule has 0 spiro atoms. The molecule has 0 unspecified atom stereocenters. The van der Waals surface area contributed by atoms with Crippen molar-refractivity contribution in [2.45, 2.75) is 19.0 Å². The van der Waals surface area contributed by atoms with Crippen LogP contribution in [0.3, 0.4) is 0 Å². The lowest BCUT2D eigenvalue weighted by Crippen LogP contribution is -2.39. The number of methoxy groups -OCH3 is 1. The standard InChI is InChI=1S/C21H23NO4S/c1-26-20-10-7-18(8-11-20)15-22(19-13-14-27(24,25)16-19)21(23)12-9-17-5-3-2-4-6-17/h2-12,19H,13-16H2,1H3/b12-9+/t19-/m1/s1. The predicted molar refractivity (Wildman–Crippen MR) is 106 cm³/mol. The van der Waals surface area contributed by atoms with Crippen LogP contribution in [0.2, 0.25) is 0 Å². The molecule has 5 nitrogen and oxygen atoms in total. The third-order valence-corrected chi connectivity index (χ3v) is 6.41. The van der Waals surface area contributed by atoms with E-state index in [1.165, 1.54) is 6.08 Å². The highest BCUT2D eigenvalue weighted by Crippen LogP contribution is 2.22. The van der Waals surface area contributed by atoms with Crippen molar-refractivity contribution in [1.82, 2.24) is 4.90 Å². The monoisotopic (exact) mass is 385 g/mol. The van der Waals surface area contributed by atoms with Gasteiger partial charge in [0, 0.05) is 18.7 Å². The molecule has 27 heavy (non-hydrogen) atoms. The summed E-state index contributed by atoms with van der Waals surface area (Å²) in [6, 6.07) is 16.7. The van der Waals surface area contributed by atoms with Gasteiger partial charge in [-0.05, 0) is 35.8 Å². The molecule has 2 aromatic rings. The number of carbonyl (C=O) groups is 1. The van der Waals surface area contributed by atoms with E-state index in [1.54, 1.807) is 18.1 Å². The number of rotatable bonds is 6. The summed E-state index contributed by atoms with van der Waals surface area (Å²) in [7, 11) is -1.48. The maximum atomic E-state index is 12.9. The summed E-state index contributed by atoms with van der Waals surface area (Å²) in [4.78, 5) is 14.5. The molecule has 1 heterocycles. The van der Waals surface area contributed by atoms with Crippen molar-refractivity contribution in [3.8, 4) is 5.75 Å². The van der Waals surface area contributed by atoms with Gasteiger partial charge in [-0.3, -0.25) is 4.79 Å². The van der Waals surface area contributed by atoms with Crippen molar-refractivity contribution < 1.29 is 17.9 Å². The van der Waals surface area contributed by atoms with E-state index in [9.17, 15) is 13.2 Å². The molecule has 1 aliphatic rings. The van der Waals surface area contributed by atoms with Crippen LogP contribution in [0.1, 0.15) is 17.5 Å². The van der Waals surface area contributed by atoms with Gasteiger partial charge < -0.3 is 9.64 Å². The zero-order valence-electron chi connectivity index (χ0n) is 15.2. The molecular formula is C21H23NO4S. The molecule has 6 heteroatoms. The van der Waals surface area contributed by atoms with Gasteiger partial charge in [0.05, 0.1) is 18.6 Å². The largest absolute Gasteiger partial charge is 0.497 e. The van der Waals surface area contributed by atoms with Crippen molar-refractivity contribution in [1.29, 1.82) is 0 Å². The van der Waals surface area contributed by atoms with E-state index in [2.05, 4.69) is 0 Å². The van der Waals surface area contributed by atoms with Gasteiger partial charge >= 0.3 is 0 Å². The maximum absolute atomic E-state index is 12.9. The minimum Gasteiger partial charge on any atom is -0.497 e. The van der Waals surface area contributed by atoms with E-state index in [0.29, 0.717) is 13.0 Å². The first-order chi connectivity index (χ1) is 13.0. The van der Waals surface area contributed by atoms with E-state index >= 15 is 0 Å². The molecule has 1 aliphatic heterocycles. The summed E-state index contributed by atoms with van der Waals surface area (Å²) in [6.07, 6.45) is 3.75. The smallest absolute Gasteiger partial charge is 0.247 e. The highest BCUT2D eigenvalue weighted by atomic mass is 32.2. The van der Waals surface area contributed by atoms with Crippen LogP contribution in [0, 0.1) is 0 Å². The summed E-state index contributed by atoms with van der Waals surface area (Å²) in [6.45, 7) is 0.363. The lowest BCUT2D eigenvalue weighted by atomic mass is 10.1. The zero-order chi connectivity index (χ0) is 19.3. The average molecular weight is 385 g/mol. The quantitative estimate of drug-likeness (QED) is 0.717. The number of amides is 1. The van der Waals surface area contributed by atoms with Crippen LogP contribution in [0.25, 0.3) is 6.08 Å². The third-order valence-electron chi connectivity index (χ3n) is 4.66. The van der Waals surface area contributed by atoms with Crippen molar-refractivity contribution in [3.05, 3.63) is 71.8 Å². The predicted octanol–water partition coefficient (Wildman–Crippen LogP) is 2.92. The average Bonchev–Trinajstić information content (AvgIpc) is 3.05. The summed E-state index contributed by atoms with van der Waals surface area (Å²) >= 11 is 0. The van der Waals surface area contributed by atoms with E-state index in [1.807, 2.05) is 54.6 Å². The Kier molecular flexibility index (Phi) is 5.96. The third kappa shape index (κ3) is 5.20. The maximum Gasteiger partial charge on any atom is 0.247 e. The van der Waals surface area contributed by atoms with Crippen molar-refractivity contribution >= 4 is 21.8 Å². The van der Waals surface area contributed by atoms with Crippen LogP contribution < -0.4 is 4.74 Å². The fourth-order valence-corrected chi connectivity index (χ4v) is 4.89. The van der Waals surface area contributed by atoms with Gasteiger partial charge in [0.2, 0.25) is 5.91 Å².